The third-order valence-electron chi connectivity index (χ3n) is 7.72. The van der Waals surface area contributed by atoms with E-state index in [1.807, 2.05) is 67.5 Å². The second-order valence-corrected chi connectivity index (χ2v) is 10.0. The molecule has 0 amide bonds. The molecule has 0 atom stereocenters. The predicted octanol–water partition coefficient (Wildman–Crippen LogP) is 3.59. The summed E-state index contributed by atoms with van der Waals surface area (Å²) in [6.07, 6.45) is -1.54. The highest BCUT2D eigenvalue weighted by atomic mass is 16.6. The number of hydrogen-bond donors (Lipinski definition) is 4. The normalized spacial score (nSPS) is 29.0. The number of hydrogen-bond acceptors (Lipinski definition) is 8. The lowest BCUT2D eigenvalue weighted by molar-refractivity contribution is -0.225. The summed E-state index contributed by atoms with van der Waals surface area (Å²) in [5, 5.41) is 47.9. The molecule has 0 unspecified atom stereocenters. The molecule has 0 saturated carbocycles. The van der Waals surface area contributed by atoms with Gasteiger partial charge in [0, 0.05) is 0 Å². The molecule has 2 heterocycles. The standard InChI is InChI=1S/C20H34N4O4/c1-17(2)18(3,4)22(26)15(21(17)25)13-10-9-11-14(12-13)16-23(27)19(5,6)20(7,8)24(16)28/h9-12,15-16,25-28H,1-8H3. The van der Waals surface area contributed by atoms with Crippen molar-refractivity contribution in [1.29, 1.82) is 0 Å². The van der Waals surface area contributed by atoms with Crippen molar-refractivity contribution in [3.05, 3.63) is 35.4 Å². The van der Waals surface area contributed by atoms with E-state index in [0.29, 0.717) is 11.1 Å². The van der Waals surface area contributed by atoms with Crippen LogP contribution in [0.4, 0.5) is 0 Å². The van der Waals surface area contributed by atoms with E-state index in [-0.39, 0.29) is 0 Å². The molecule has 2 fully saturated rings. The van der Waals surface area contributed by atoms with Crippen LogP contribution in [0.3, 0.4) is 0 Å². The van der Waals surface area contributed by atoms with E-state index < -0.39 is 34.5 Å². The number of rotatable bonds is 2. The molecule has 1 aromatic carbocycles. The van der Waals surface area contributed by atoms with Gasteiger partial charge in [-0.05, 0) is 72.6 Å². The SMILES string of the molecule is CC1(C)N(O)C(c2cccc(C3N(O)C(C)(C)C(C)(C)N3O)c2)N(O)C1(C)C. The van der Waals surface area contributed by atoms with Crippen LogP contribution in [0.5, 0.6) is 0 Å². The van der Waals surface area contributed by atoms with Crippen LogP contribution < -0.4 is 0 Å². The van der Waals surface area contributed by atoms with E-state index in [2.05, 4.69) is 0 Å². The minimum atomic E-state index is -0.772. The fraction of sp³-hybridized carbons (Fsp3) is 0.700. The van der Waals surface area contributed by atoms with Crippen molar-refractivity contribution in [2.24, 2.45) is 0 Å². The van der Waals surface area contributed by atoms with Gasteiger partial charge in [0.15, 0.2) is 0 Å². The monoisotopic (exact) mass is 394 g/mol. The average molecular weight is 395 g/mol. The smallest absolute Gasteiger partial charge is 0.136 e. The average Bonchev–Trinajstić information content (AvgIpc) is 2.79. The Labute approximate surface area is 167 Å². The molecule has 2 saturated heterocycles. The van der Waals surface area contributed by atoms with Crippen molar-refractivity contribution < 1.29 is 20.8 Å². The zero-order valence-electron chi connectivity index (χ0n) is 18.0. The van der Waals surface area contributed by atoms with Gasteiger partial charge in [0.1, 0.15) is 12.3 Å². The lowest BCUT2D eigenvalue weighted by atomic mass is 9.84. The lowest BCUT2D eigenvalue weighted by Crippen LogP contribution is -2.52. The van der Waals surface area contributed by atoms with Gasteiger partial charge >= 0.3 is 0 Å². The van der Waals surface area contributed by atoms with Crippen LogP contribution >= 0.6 is 0 Å². The Hall–Kier alpha value is -1.10. The van der Waals surface area contributed by atoms with Crippen LogP contribution in [-0.2, 0) is 0 Å². The summed E-state index contributed by atoms with van der Waals surface area (Å²) in [6, 6.07) is 7.22. The second kappa shape index (κ2) is 6.20. The minimum absolute atomic E-state index is 0.658. The Bertz CT molecular complexity index is 665. The zero-order chi connectivity index (χ0) is 21.4. The Morgan fingerprint density at radius 2 is 0.821 bits per heavy atom. The van der Waals surface area contributed by atoms with Crippen molar-refractivity contribution in [2.45, 2.75) is 89.9 Å². The Balaban J connectivity index is 2.03. The Morgan fingerprint density at radius 3 is 1.07 bits per heavy atom. The fourth-order valence-corrected chi connectivity index (χ4v) is 4.00. The zero-order valence-corrected chi connectivity index (χ0v) is 18.0. The van der Waals surface area contributed by atoms with Crippen molar-refractivity contribution in [1.82, 2.24) is 20.3 Å². The highest BCUT2D eigenvalue weighted by Crippen LogP contribution is 2.50. The maximum atomic E-state index is 10.8. The van der Waals surface area contributed by atoms with E-state index in [1.165, 1.54) is 0 Å². The second-order valence-electron chi connectivity index (χ2n) is 10.0. The Kier molecular flexibility index (Phi) is 4.78. The van der Waals surface area contributed by atoms with E-state index in [9.17, 15) is 20.8 Å². The van der Waals surface area contributed by atoms with Gasteiger partial charge in [0.25, 0.3) is 0 Å². The van der Waals surface area contributed by atoms with E-state index in [0.717, 1.165) is 20.3 Å². The largest absolute Gasteiger partial charge is 0.311 e. The summed E-state index contributed by atoms with van der Waals surface area (Å²) in [7, 11) is 0. The first kappa shape index (κ1) is 21.6. The number of benzene rings is 1. The molecule has 28 heavy (non-hydrogen) atoms. The van der Waals surface area contributed by atoms with Crippen LogP contribution in [-0.4, -0.2) is 63.2 Å². The summed E-state index contributed by atoms with van der Waals surface area (Å²) in [6.45, 7) is 14.9. The topological polar surface area (TPSA) is 93.9 Å². The van der Waals surface area contributed by atoms with Gasteiger partial charge in [0.2, 0.25) is 0 Å². The number of nitrogens with zero attached hydrogens (tertiary/aromatic N) is 4. The molecular weight excluding hydrogens is 360 g/mol. The molecule has 8 nitrogen and oxygen atoms in total. The molecule has 2 aliphatic rings. The molecule has 0 aromatic heterocycles. The van der Waals surface area contributed by atoms with E-state index >= 15 is 0 Å². The maximum Gasteiger partial charge on any atom is 0.136 e. The van der Waals surface area contributed by atoms with Crippen molar-refractivity contribution in [3.63, 3.8) is 0 Å². The van der Waals surface area contributed by atoms with Crippen molar-refractivity contribution >= 4 is 0 Å². The van der Waals surface area contributed by atoms with Gasteiger partial charge in [-0.2, -0.15) is 20.3 Å². The first-order chi connectivity index (χ1) is 12.6. The first-order valence-corrected chi connectivity index (χ1v) is 9.63. The molecule has 158 valence electrons. The predicted molar refractivity (Wildman–Crippen MR) is 103 cm³/mol. The van der Waals surface area contributed by atoms with Gasteiger partial charge in [0.05, 0.1) is 22.2 Å². The van der Waals surface area contributed by atoms with Gasteiger partial charge < -0.3 is 20.8 Å². The van der Waals surface area contributed by atoms with Crippen molar-refractivity contribution in [2.75, 3.05) is 0 Å². The van der Waals surface area contributed by atoms with Crippen LogP contribution in [0, 0.1) is 0 Å². The van der Waals surface area contributed by atoms with E-state index in [4.69, 9.17) is 0 Å². The van der Waals surface area contributed by atoms with Crippen molar-refractivity contribution in [3.8, 4) is 0 Å². The molecule has 0 radical (unpaired) electrons. The summed E-state index contributed by atoms with van der Waals surface area (Å²) < 4.78 is 0. The van der Waals surface area contributed by atoms with Gasteiger partial charge in [-0.1, -0.05) is 18.2 Å². The van der Waals surface area contributed by atoms with Gasteiger partial charge in [-0.25, -0.2) is 0 Å². The Morgan fingerprint density at radius 1 is 0.571 bits per heavy atom. The third kappa shape index (κ3) is 2.54. The molecule has 2 aliphatic heterocycles. The molecule has 0 spiro atoms. The molecule has 8 heteroatoms. The molecule has 0 aliphatic carbocycles. The van der Waals surface area contributed by atoms with Gasteiger partial charge in [-0.15, -0.1) is 0 Å². The quantitative estimate of drug-likeness (QED) is 0.605. The summed E-state index contributed by atoms with van der Waals surface area (Å²) in [4.78, 5) is 0. The summed E-state index contributed by atoms with van der Waals surface area (Å²) >= 11 is 0. The molecule has 0 bridgehead atoms. The van der Waals surface area contributed by atoms with Crippen LogP contribution in [0.15, 0.2) is 24.3 Å². The highest BCUT2D eigenvalue weighted by Gasteiger charge is 2.60. The van der Waals surface area contributed by atoms with E-state index in [1.54, 1.807) is 12.1 Å². The summed E-state index contributed by atoms with van der Waals surface area (Å²) in [5.74, 6) is 0. The highest BCUT2D eigenvalue weighted by molar-refractivity contribution is 5.31. The maximum absolute atomic E-state index is 10.8. The van der Waals surface area contributed by atoms with Crippen LogP contribution in [0.1, 0.15) is 78.8 Å². The lowest BCUT2D eigenvalue weighted by Gasteiger charge is -2.37. The molecule has 3 rings (SSSR count). The fourth-order valence-electron chi connectivity index (χ4n) is 4.00. The van der Waals surface area contributed by atoms with Crippen LogP contribution in [0.2, 0.25) is 0 Å². The minimum Gasteiger partial charge on any atom is -0.311 e. The molecule has 4 N–H and O–H groups in total. The number of hydroxylamine groups is 8. The summed E-state index contributed by atoms with van der Waals surface area (Å²) in [5.41, 5.74) is -1.49. The molecular formula is C20H34N4O4. The van der Waals surface area contributed by atoms with Gasteiger partial charge in [-0.3, -0.25) is 0 Å². The van der Waals surface area contributed by atoms with Crippen LogP contribution in [0.25, 0.3) is 0 Å². The molecule has 1 aromatic rings. The first-order valence-electron chi connectivity index (χ1n) is 9.63. The third-order valence-corrected chi connectivity index (χ3v) is 7.72.